The second-order valence-electron chi connectivity index (χ2n) is 5.56. The van der Waals surface area contributed by atoms with Crippen molar-refractivity contribution < 1.29 is 0 Å². The Kier molecular flexibility index (Phi) is 5.75. The number of rotatable bonds is 6. The Labute approximate surface area is 156 Å². The summed E-state index contributed by atoms with van der Waals surface area (Å²) in [6.07, 6.45) is 1.00. The molecule has 3 aromatic rings. The molecule has 0 unspecified atom stereocenters. The minimum absolute atomic E-state index is 0.674. The smallest absolute Gasteiger partial charge is 0.191 e. The van der Waals surface area contributed by atoms with E-state index in [1.807, 2.05) is 48.5 Å². The van der Waals surface area contributed by atoms with Gasteiger partial charge in [0.1, 0.15) is 0 Å². The van der Waals surface area contributed by atoms with E-state index in [4.69, 9.17) is 16.9 Å². The van der Waals surface area contributed by atoms with Gasteiger partial charge in [-0.15, -0.1) is 10.2 Å². The van der Waals surface area contributed by atoms with Crippen molar-refractivity contribution in [3.63, 3.8) is 0 Å². The fraction of sp³-hybridized carbons (Fsp3) is 0.211. The van der Waals surface area contributed by atoms with Crippen LogP contribution in [0, 0.1) is 11.3 Å². The lowest BCUT2D eigenvalue weighted by atomic mass is 10.2. The molecule has 0 saturated carbocycles. The summed E-state index contributed by atoms with van der Waals surface area (Å²) in [6.45, 7) is 3.00. The zero-order chi connectivity index (χ0) is 17.6. The third-order valence-electron chi connectivity index (χ3n) is 3.72. The Morgan fingerprint density at radius 2 is 1.80 bits per heavy atom. The lowest BCUT2D eigenvalue weighted by Gasteiger charge is -2.09. The quantitative estimate of drug-likeness (QED) is 0.563. The van der Waals surface area contributed by atoms with Gasteiger partial charge in [-0.3, -0.25) is 0 Å². The summed E-state index contributed by atoms with van der Waals surface area (Å²) in [7, 11) is 0. The molecule has 4 nitrogen and oxygen atoms in total. The van der Waals surface area contributed by atoms with E-state index in [-0.39, 0.29) is 0 Å². The van der Waals surface area contributed by atoms with Gasteiger partial charge in [0.25, 0.3) is 0 Å². The predicted octanol–water partition coefficient (Wildman–Crippen LogP) is 5.17. The van der Waals surface area contributed by atoms with Crippen molar-refractivity contribution in [1.29, 1.82) is 5.26 Å². The third-order valence-corrected chi connectivity index (χ3v) is 5.01. The van der Waals surface area contributed by atoms with Crippen LogP contribution in [-0.4, -0.2) is 14.8 Å². The summed E-state index contributed by atoms with van der Waals surface area (Å²) >= 11 is 7.63. The fourth-order valence-electron chi connectivity index (χ4n) is 2.46. The van der Waals surface area contributed by atoms with Crippen LogP contribution in [0.4, 0.5) is 0 Å². The van der Waals surface area contributed by atoms with Gasteiger partial charge >= 0.3 is 0 Å². The highest BCUT2D eigenvalue weighted by atomic mass is 35.5. The molecule has 0 fully saturated rings. The Bertz CT molecular complexity index is 879. The molecule has 3 rings (SSSR count). The van der Waals surface area contributed by atoms with E-state index < -0.39 is 0 Å². The fourth-order valence-corrected chi connectivity index (χ4v) is 3.50. The van der Waals surface area contributed by atoms with E-state index in [2.05, 4.69) is 27.8 Å². The number of nitrogens with zero attached hydrogens (tertiary/aromatic N) is 4. The first-order valence-corrected chi connectivity index (χ1v) is 9.38. The van der Waals surface area contributed by atoms with Crippen LogP contribution in [-0.2, 0) is 12.3 Å². The van der Waals surface area contributed by atoms with Gasteiger partial charge in [-0.25, -0.2) is 0 Å². The Morgan fingerprint density at radius 3 is 2.44 bits per heavy atom. The van der Waals surface area contributed by atoms with Crippen molar-refractivity contribution in [2.24, 2.45) is 0 Å². The molecular formula is C19H17ClN4S. The van der Waals surface area contributed by atoms with Gasteiger partial charge in [0.15, 0.2) is 11.0 Å². The molecule has 0 spiro atoms. The molecule has 25 heavy (non-hydrogen) atoms. The van der Waals surface area contributed by atoms with Crippen LogP contribution < -0.4 is 0 Å². The van der Waals surface area contributed by atoms with Crippen molar-refractivity contribution in [1.82, 2.24) is 14.8 Å². The molecule has 0 bridgehead atoms. The molecule has 0 radical (unpaired) electrons. The van der Waals surface area contributed by atoms with Crippen LogP contribution in [0.2, 0.25) is 5.02 Å². The summed E-state index contributed by atoms with van der Waals surface area (Å²) in [4.78, 5) is 0. The second-order valence-corrected chi connectivity index (χ2v) is 6.94. The second kappa shape index (κ2) is 8.19. The van der Waals surface area contributed by atoms with Crippen molar-refractivity contribution in [3.8, 4) is 17.5 Å². The molecule has 0 aliphatic carbocycles. The van der Waals surface area contributed by atoms with Gasteiger partial charge < -0.3 is 4.57 Å². The molecular weight excluding hydrogens is 352 g/mol. The molecule has 0 aliphatic heterocycles. The number of nitriles is 1. The van der Waals surface area contributed by atoms with Gasteiger partial charge in [-0.2, -0.15) is 5.26 Å². The molecule has 126 valence electrons. The zero-order valence-corrected chi connectivity index (χ0v) is 15.4. The Morgan fingerprint density at radius 1 is 1.08 bits per heavy atom. The Balaban J connectivity index is 1.81. The minimum atomic E-state index is 0.674. The largest absolute Gasteiger partial charge is 0.302 e. The van der Waals surface area contributed by atoms with E-state index in [0.717, 1.165) is 40.8 Å². The number of hydrogen-bond acceptors (Lipinski definition) is 4. The van der Waals surface area contributed by atoms with Gasteiger partial charge in [0, 0.05) is 22.9 Å². The summed E-state index contributed by atoms with van der Waals surface area (Å²) in [5, 5.41) is 19.2. The molecule has 0 saturated heterocycles. The molecule has 2 aromatic carbocycles. The standard InChI is InChI=1S/C19H17ClN4S/c1-2-11-24-18(16-7-9-17(20)10-8-16)22-23-19(24)25-13-15-5-3-14(12-21)4-6-15/h3-10H,2,11,13H2,1H3. The average molecular weight is 369 g/mol. The predicted molar refractivity (Wildman–Crippen MR) is 101 cm³/mol. The topological polar surface area (TPSA) is 54.5 Å². The molecule has 0 aliphatic rings. The Hall–Kier alpha value is -2.29. The molecule has 0 atom stereocenters. The minimum Gasteiger partial charge on any atom is -0.302 e. The maximum atomic E-state index is 8.87. The van der Waals surface area contributed by atoms with Gasteiger partial charge in [0.05, 0.1) is 11.6 Å². The van der Waals surface area contributed by atoms with Crippen molar-refractivity contribution >= 4 is 23.4 Å². The maximum Gasteiger partial charge on any atom is 0.191 e. The summed E-state index contributed by atoms with van der Waals surface area (Å²) in [5.74, 6) is 1.65. The van der Waals surface area contributed by atoms with Crippen molar-refractivity contribution in [2.75, 3.05) is 0 Å². The molecule has 0 N–H and O–H groups in total. The van der Waals surface area contributed by atoms with Crippen molar-refractivity contribution in [2.45, 2.75) is 30.8 Å². The summed E-state index contributed by atoms with van der Waals surface area (Å²) < 4.78 is 2.15. The molecule has 0 amide bonds. The van der Waals surface area contributed by atoms with Crippen LogP contribution in [0.25, 0.3) is 11.4 Å². The summed E-state index contributed by atoms with van der Waals surface area (Å²) in [6, 6.07) is 17.4. The van der Waals surface area contributed by atoms with E-state index in [0.29, 0.717) is 10.6 Å². The number of benzene rings is 2. The molecule has 6 heteroatoms. The first kappa shape index (κ1) is 17.5. The van der Waals surface area contributed by atoms with Crippen LogP contribution >= 0.6 is 23.4 Å². The van der Waals surface area contributed by atoms with E-state index in [1.54, 1.807) is 11.8 Å². The number of aromatic nitrogens is 3. The van der Waals surface area contributed by atoms with Crippen LogP contribution in [0.5, 0.6) is 0 Å². The number of hydrogen-bond donors (Lipinski definition) is 0. The van der Waals surface area contributed by atoms with Crippen LogP contribution in [0.3, 0.4) is 0 Å². The number of thioether (sulfide) groups is 1. The lowest BCUT2D eigenvalue weighted by Crippen LogP contribution is -2.02. The first-order chi connectivity index (χ1) is 12.2. The molecule has 1 heterocycles. The van der Waals surface area contributed by atoms with Crippen molar-refractivity contribution in [3.05, 3.63) is 64.7 Å². The monoisotopic (exact) mass is 368 g/mol. The van der Waals surface area contributed by atoms with Gasteiger partial charge in [-0.05, 0) is 48.4 Å². The third kappa shape index (κ3) is 4.22. The zero-order valence-electron chi connectivity index (χ0n) is 13.8. The lowest BCUT2D eigenvalue weighted by molar-refractivity contribution is 0.626. The number of halogens is 1. The maximum absolute atomic E-state index is 8.87. The highest BCUT2D eigenvalue weighted by Crippen LogP contribution is 2.27. The van der Waals surface area contributed by atoms with Gasteiger partial charge in [-0.1, -0.05) is 42.4 Å². The average Bonchev–Trinajstić information content (AvgIpc) is 3.04. The van der Waals surface area contributed by atoms with Crippen LogP contribution in [0.15, 0.2) is 53.7 Å². The highest BCUT2D eigenvalue weighted by molar-refractivity contribution is 7.98. The van der Waals surface area contributed by atoms with Gasteiger partial charge in [0.2, 0.25) is 0 Å². The normalized spacial score (nSPS) is 10.6. The van der Waals surface area contributed by atoms with Crippen LogP contribution in [0.1, 0.15) is 24.5 Å². The molecule has 1 aromatic heterocycles. The first-order valence-electron chi connectivity index (χ1n) is 8.02. The summed E-state index contributed by atoms with van der Waals surface area (Å²) in [5.41, 5.74) is 2.84. The highest BCUT2D eigenvalue weighted by Gasteiger charge is 2.14. The van der Waals surface area contributed by atoms with E-state index in [1.165, 1.54) is 0 Å². The SMILES string of the molecule is CCCn1c(SCc2ccc(C#N)cc2)nnc1-c1ccc(Cl)cc1. The van der Waals surface area contributed by atoms with E-state index in [9.17, 15) is 0 Å². The van der Waals surface area contributed by atoms with E-state index >= 15 is 0 Å².